The predicted molar refractivity (Wildman–Crippen MR) is 98.1 cm³/mol. The second kappa shape index (κ2) is 6.82. The number of hydrogen-bond acceptors (Lipinski definition) is 5. The normalized spacial score (nSPS) is 20.2. The molecule has 3 rings (SSSR count). The van der Waals surface area contributed by atoms with Gasteiger partial charge in [-0.05, 0) is 44.4 Å². The van der Waals surface area contributed by atoms with Gasteiger partial charge < -0.3 is 15.2 Å². The fraction of sp³-hybridized carbons (Fsp3) is 0.421. The van der Waals surface area contributed by atoms with Gasteiger partial charge in [-0.3, -0.25) is 9.88 Å². The van der Waals surface area contributed by atoms with Crippen molar-refractivity contribution >= 4 is 28.5 Å². The van der Waals surface area contributed by atoms with Crippen LogP contribution in [0.5, 0.6) is 0 Å². The van der Waals surface area contributed by atoms with Gasteiger partial charge in [0.25, 0.3) is 0 Å². The highest BCUT2D eigenvalue weighted by molar-refractivity contribution is 5.85. The number of amides is 1. The number of ether oxygens (including phenoxy) is 1. The van der Waals surface area contributed by atoms with Crippen LogP contribution in [0, 0.1) is 0 Å². The van der Waals surface area contributed by atoms with Gasteiger partial charge in [-0.15, -0.1) is 0 Å². The number of hydrogen-bond donors (Lipinski definition) is 2. The number of carbonyl (C=O) groups is 2. The fourth-order valence-electron chi connectivity index (χ4n) is 3.11. The van der Waals surface area contributed by atoms with E-state index < -0.39 is 23.7 Å². The molecule has 7 heteroatoms. The summed E-state index contributed by atoms with van der Waals surface area (Å²) in [6, 6.07) is 6.73. The zero-order valence-corrected chi connectivity index (χ0v) is 15.1. The zero-order valence-electron chi connectivity index (χ0n) is 15.1. The lowest BCUT2D eigenvalue weighted by atomic mass is 10.1. The van der Waals surface area contributed by atoms with Crippen molar-refractivity contribution in [3.05, 3.63) is 36.7 Å². The molecule has 1 amide bonds. The van der Waals surface area contributed by atoms with Crippen molar-refractivity contribution in [3.63, 3.8) is 0 Å². The van der Waals surface area contributed by atoms with Crippen molar-refractivity contribution in [3.8, 4) is 0 Å². The van der Waals surface area contributed by atoms with Crippen LogP contribution in [0.2, 0.25) is 0 Å². The van der Waals surface area contributed by atoms with Gasteiger partial charge in [0, 0.05) is 42.5 Å². The summed E-state index contributed by atoms with van der Waals surface area (Å²) in [7, 11) is 0. The molecule has 0 aliphatic carbocycles. The molecule has 0 spiro atoms. The smallest absolute Gasteiger partial charge is 0.411 e. The van der Waals surface area contributed by atoms with Gasteiger partial charge in [0.05, 0.1) is 0 Å². The number of aliphatic carboxylic acids is 1. The summed E-state index contributed by atoms with van der Waals surface area (Å²) in [5, 5.41) is 14.9. The number of carboxylic acids is 1. The van der Waals surface area contributed by atoms with Crippen molar-refractivity contribution < 1.29 is 19.4 Å². The van der Waals surface area contributed by atoms with Crippen LogP contribution >= 0.6 is 0 Å². The Labute approximate surface area is 152 Å². The third kappa shape index (κ3) is 4.04. The number of fused-ring (bicyclic) bond motifs is 1. The monoisotopic (exact) mass is 357 g/mol. The number of carbonyl (C=O) groups excluding carboxylic acids is 1. The number of benzene rings is 1. The molecule has 1 aromatic carbocycles. The third-order valence-corrected chi connectivity index (χ3v) is 4.23. The average Bonchev–Trinajstić information content (AvgIpc) is 2.97. The summed E-state index contributed by atoms with van der Waals surface area (Å²) in [5.74, 6) is -1.02. The van der Waals surface area contributed by atoms with E-state index in [1.807, 2.05) is 24.3 Å². The molecule has 1 unspecified atom stereocenters. The summed E-state index contributed by atoms with van der Waals surface area (Å²) < 4.78 is 5.35. The summed E-state index contributed by atoms with van der Waals surface area (Å²) in [5.41, 5.74) is 0.210. The molecule has 2 heterocycles. The molecule has 1 saturated heterocycles. The summed E-state index contributed by atoms with van der Waals surface area (Å²) in [4.78, 5) is 29.3. The van der Waals surface area contributed by atoms with Crippen LogP contribution in [0.25, 0.3) is 10.8 Å². The summed E-state index contributed by atoms with van der Waals surface area (Å²) in [6.07, 6.45) is 3.24. The van der Waals surface area contributed by atoms with Crippen LogP contribution in [0.4, 0.5) is 10.5 Å². The highest BCUT2D eigenvalue weighted by atomic mass is 16.6. The number of anilines is 1. The van der Waals surface area contributed by atoms with E-state index >= 15 is 0 Å². The molecule has 0 radical (unpaired) electrons. The zero-order chi connectivity index (χ0) is 18.9. The SMILES string of the molecule is CC(C)(C)OC(=O)N1CC(Nc2ccc3cnccc3c2)C[C@H]1C(=O)O. The molecule has 2 aromatic rings. The van der Waals surface area contributed by atoms with Crippen LogP contribution in [0.3, 0.4) is 0 Å². The Bertz CT molecular complexity index is 831. The maximum Gasteiger partial charge on any atom is 0.411 e. The predicted octanol–water partition coefficient (Wildman–Crippen LogP) is 3.11. The van der Waals surface area contributed by atoms with Crippen LogP contribution in [-0.4, -0.2) is 51.3 Å². The van der Waals surface area contributed by atoms with E-state index in [1.165, 1.54) is 4.90 Å². The number of pyridine rings is 1. The number of likely N-dealkylation sites (tertiary alicyclic amines) is 1. The van der Waals surface area contributed by atoms with Gasteiger partial charge in [0.2, 0.25) is 0 Å². The van der Waals surface area contributed by atoms with E-state index in [0.717, 1.165) is 16.5 Å². The quantitative estimate of drug-likeness (QED) is 0.877. The standard InChI is InChI=1S/C19H23N3O4/c1-19(2,3)26-18(25)22-11-15(9-16(22)17(23)24)21-14-5-4-13-10-20-7-6-12(13)8-14/h4-8,10,15-16,21H,9,11H2,1-3H3,(H,23,24)/t15?,16-/m0/s1. The number of aromatic nitrogens is 1. The van der Waals surface area contributed by atoms with Crippen molar-refractivity contribution in [2.75, 3.05) is 11.9 Å². The molecule has 1 aliphatic heterocycles. The number of carboxylic acid groups (broad SMARTS) is 1. The van der Waals surface area contributed by atoms with E-state index in [0.29, 0.717) is 6.42 Å². The number of nitrogens with zero attached hydrogens (tertiary/aromatic N) is 2. The van der Waals surface area contributed by atoms with Crippen LogP contribution < -0.4 is 5.32 Å². The van der Waals surface area contributed by atoms with Crippen LogP contribution in [0.15, 0.2) is 36.7 Å². The lowest BCUT2D eigenvalue weighted by molar-refractivity contribution is -0.142. The van der Waals surface area contributed by atoms with Crippen LogP contribution in [-0.2, 0) is 9.53 Å². The third-order valence-electron chi connectivity index (χ3n) is 4.23. The molecule has 2 N–H and O–H groups in total. The Balaban J connectivity index is 1.74. The topological polar surface area (TPSA) is 91.8 Å². The van der Waals surface area contributed by atoms with Crippen molar-refractivity contribution in [1.29, 1.82) is 0 Å². The van der Waals surface area contributed by atoms with Gasteiger partial charge in [-0.1, -0.05) is 6.07 Å². The Hall–Kier alpha value is -2.83. The van der Waals surface area contributed by atoms with E-state index in [1.54, 1.807) is 33.2 Å². The number of nitrogens with one attached hydrogen (secondary N) is 1. The first-order valence-electron chi connectivity index (χ1n) is 8.56. The van der Waals surface area contributed by atoms with Gasteiger partial charge in [-0.2, -0.15) is 0 Å². The maximum absolute atomic E-state index is 12.4. The molecule has 0 bridgehead atoms. The lowest BCUT2D eigenvalue weighted by Gasteiger charge is -2.26. The van der Waals surface area contributed by atoms with Crippen molar-refractivity contribution in [2.24, 2.45) is 0 Å². The highest BCUT2D eigenvalue weighted by Gasteiger charge is 2.41. The fourth-order valence-corrected chi connectivity index (χ4v) is 3.11. The molecule has 0 saturated carbocycles. The first kappa shape index (κ1) is 18.0. The molecule has 1 fully saturated rings. The van der Waals surface area contributed by atoms with Crippen molar-refractivity contribution in [1.82, 2.24) is 9.88 Å². The minimum atomic E-state index is -1.02. The lowest BCUT2D eigenvalue weighted by Crippen LogP contribution is -2.43. The van der Waals surface area contributed by atoms with Crippen molar-refractivity contribution in [2.45, 2.75) is 44.9 Å². The van der Waals surface area contributed by atoms with Gasteiger partial charge in [0.15, 0.2) is 0 Å². The van der Waals surface area contributed by atoms with E-state index in [2.05, 4.69) is 10.3 Å². The molecular formula is C19H23N3O4. The first-order valence-corrected chi connectivity index (χ1v) is 8.56. The maximum atomic E-state index is 12.4. The Morgan fingerprint density at radius 1 is 1.27 bits per heavy atom. The van der Waals surface area contributed by atoms with E-state index in [9.17, 15) is 14.7 Å². The molecule has 1 aromatic heterocycles. The van der Waals surface area contributed by atoms with Gasteiger partial charge >= 0.3 is 12.1 Å². The average molecular weight is 357 g/mol. The highest BCUT2D eigenvalue weighted by Crippen LogP contribution is 2.25. The molecule has 7 nitrogen and oxygen atoms in total. The molecule has 26 heavy (non-hydrogen) atoms. The first-order chi connectivity index (χ1) is 12.2. The van der Waals surface area contributed by atoms with Gasteiger partial charge in [0.1, 0.15) is 11.6 Å². The molecule has 138 valence electrons. The summed E-state index contributed by atoms with van der Waals surface area (Å²) in [6.45, 7) is 5.56. The summed E-state index contributed by atoms with van der Waals surface area (Å²) >= 11 is 0. The molecule has 2 atom stereocenters. The second-order valence-corrected chi connectivity index (χ2v) is 7.50. The second-order valence-electron chi connectivity index (χ2n) is 7.50. The van der Waals surface area contributed by atoms with Gasteiger partial charge in [-0.25, -0.2) is 9.59 Å². The van der Waals surface area contributed by atoms with Crippen LogP contribution in [0.1, 0.15) is 27.2 Å². The Morgan fingerprint density at radius 3 is 2.73 bits per heavy atom. The minimum absolute atomic E-state index is 0.164. The Morgan fingerprint density at radius 2 is 2.04 bits per heavy atom. The van der Waals surface area contributed by atoms with E-state index in [4.69, 9.17) is 4.74 Å². The molecular weight excluding hydrogens is 334 g/mol. The number of rotatable bonds is 3. The Kier molecular flexibility index (Phi) is 4.71. The molecule has 1 aliphatic rings. The van der Waals surface area contributed by atoms with E-state index in [-0.39, 0.29) is 12.6 Å². The largest absolute Gasteiger partial charge is 0.480 e. The minimum Gasteiger partial charge on any atom is -0.480 e.